The molecule has 0 aromatic rings. The van der Waals surface area contributed by atoms with Gasteiger partial charge in [-0.2, -0.15) is 0 Å². The summed E-state index contributed by atoms with van der Waals surface area (Å²) in [5.41, 5.74) is 4.72. The Kier molecular flexibility index (Phi) is 5.93. The average Bonchev–Trinajstić information content (AvgIpc) is 1.97. The third kappa shape index (κ3) is 7.39. The van der Waals surface area contributed by atoms with Crippen molar-refractivity contribution in [3.05, 3.63) is 0 Å². The van der Waals surface area contributed by atoms with Gasteiger partial charge in [-0.15, -0.1) is 9.05 Å². The molecule has 1 atom stereocenters. The number of nitrogens with two attached hydrogens (primary N) is 1. The van der Waals surface area contributed by atoms with Gasteiger partial charge in [0.15, 0.2) is 6.61 Å². The highest BCUT2D eigenvalue weighted by Crippen LogP contribution is 2.22. The number of carbonyl (C=O) groups is 1. The van der Waals surface area contributed by atoms with Gasteiger partial charge in [0.2, 0.25) is 5.91 Å². The third-order valence-electron chi connectivity index (χ3n) is 0.713. The molecular weight excluding hydrogens is 169 g/mol. The van der Waals surface area contributed by atoms with Gasteiger partial charge in [-0.1, -0.05) is 6.92 Å². The predicted octanol–water partition coefficient (Wildman–Crippen LogP) is 0.572. The van der Waals surface area contributed by atoms with Gasteiger partial charge in [-0.3, -0.25) is 4.79 Å². The lowest BCUT2D eigenvalue weighted by atomic mass is 10.5. The summed E-state index contributed by atoms with van der Waals surface area (Å²) in [6.45, 7) is 1.87. The van der Waals surface area contributed by atoms with Crippen molar-refractivity contribution >= 4 is 14.2 Å². The van der Waals surface area contributed by atoms with Crippen LogP contribution in [-0.2, 0) is 18.4 Å². The van der Waals surface area contributed by atoms with E-state index in [4.69, 9.17) is 5.73 Å². The molecule has 0 aromatic carbocycles. The maximum Gasteiger partial charge on any atom is 0.697 e. The molecule has 1 unspecified atom stereocenters. The molecular formula is C5H11NO4P+. The van der Waals surface area contributed by atoms with Crippen LogP contribution in [0.3, 0.4) is 0 Å². The molecule has 0 saturated heterocycles. The Labute approximate surface area is 65.8 Å². The molecule has 0 aliphatic carbocycles. The largest absolute Gasteiger partial charge is 0.697 e. The van der Waals surface area contributed by atoms with E-state index in [-0.39, 0.29) is 6.61 Å². The van der Waals surface area contributed by atoms with Crippen LogP contribution in [0.25, 0.3) is 0 Å². The average molecular weight is 180 g/mol. The van der Waals surface area contributed by atoms with Gasteiger partial charge in [0.25, 0.3) is 0 Å². The Morgan fingerprint density at radius 2 is 2.18 bits per heavy atom. The SMILES string of the molecule is CCCO[P+](=O)OCC(N)=O. The number of hydrogen-bond donors (Lipinski definition) is 1. The summed E-state index contributed by atoms with van der Waals surface area (Å²) in [5, 5.41) is 0. The van der Waals surface area contributed by atoms with Crippen LogP contribution in [0.4, 0.5) is 0 Å². The lowest BCUT2D eigenvalue weighted by molar-refractivity contribution is -0.120. The molecule has 64 valence electrons. The van der Waals surface area contributed by atoms with Crippen LogP contribution in [0.15, 0.2) is 0 Å². The van der Waals surface area contributed by atoms with E-state index in [2.05, 4.69) is 9.05 Å². The molecule has 0 bridgehead atoms. The first-order valence-corrected chi connectivity index (χ1v) is 4.27. The van der Waals surface area contributed by atoms with Gasteiger partial charge in [0, 0.05) is 4.57 Å². The number of carbonyl (C=O) groups excluding carboxylic acids is 1. The van der Waals surface area contributed by atoms with Crippen molar-refractivity contribution in [2.75, 3.05) is 13.2 Å². The van der Waals surface area contributed by atoms with Crippen molar-refractivity contribution in [3.8, 4) is 0 Å². The summed E-state index contributed by atoms with van der Waals surface area (Å²) in [7, 11) is -2.17. The zero-order chi connectivity index (χ0) is 8.69. The molecule has 0 fully saturated rings. The summed E-state index contributed by atoms with van der Waals surface area (Å²) < 4.78 is 19.6. The Bertz CT molecular complexity index is 149. The first-order valence-electron chi connectivity index (χ1n) is 3.18. The molecule has 0 aliphatic rings. The van der Waals surface area contributed by atoms with E-state index in [1.54, 1.807) is 0 Å². The van der Waals surface area contributed by atoms with E-state index in [1.165, 1.54) is 0 Å². The van der Waals surface area contributed by atoms with Crippen molar-refractivity contribution in [1.29, 1.82) is 0 Å². The highest BCUT2D eigenvalue weighted by Gasteiger charge is 2.20. The van der Waals surface area contributed by atoms with Crippen molar-refractivity contribution in [3.63, 3.8) is 0 Å². The van der Waals surface area contributed by atoms with Crippen LogP contribution in [-0.4, -0.2) is 19.1 Å². The minimum atomic E-state index is -2.17. The summed E-state index contributed by atoms with van der Waals surface area (Å²) in [6.07, 6.45) is 0.751. The van der Waals surface area contributed by atoms with E-state index >= 15 is 0 Å². The maximum atomic E-state index is 10.6. The number of amides is 1. The summed E-state index contributed by atoms with van der Waals surface area (Å²) in [6, 6.07) is 0. The zero-order valence-electron chi connectivity index (χ0n) is 6.28. The molecule has 0 saturated carbocycles. The van der Waals surface area contributed by atoms with Gasteiger partial charge in [0.1, 0.15) is 6.61 Å². The van der Waals surface area contributed by atoms with Gasteiger partial charge in [-0.05, 0) is 6.42 Å². The van der Waals surface area contributed by atoms with Crippen LogP contribution in [0.2, 0.25) is 0 Å². The predicted molar refractivity (Wildman–Crippen MR) is 39.0 cm³/mol. The molecule has 0 spiro atoms. The van der Waals surface area contributed by atoms with E-state index in [9.17, 15) is 9.36 Å². The van der Waals surface area contributed by atoms with Crippen molar-refractivity contribution < 1.29 is 18.4 Å². The van der Waals surface area contributed by atoms with E-state index in [0.717, 1.165) is 6.42 Å². The second kappa shape index (κ2) is 6.22. The maximum absolute atomic E-state index is 10.6. The third-order valence-corrected chi connectivity index (χ3v) is 1.45. The van der Waals surface area contributed by atoms with Gasteiger partial charge >= 0.3 is 8.25 Å². The molecule has 1 amide bonds. The first-order chi connectivity index (χ1) is 5.16. The van der Waals surface area contributed by atoms with Crippen LogP contribution in [0, 0.1) is 0 Å². The molecule has 0 aliphatic heterocycles. The summed E-state index contributed by atoms with van der Waals surface area (Å²) in [5.74, 6) is -0.659. The highest BCUT2D eigenvalue weighted by atomic mass is 31.1. The van der Waals surface area contributed by atoms with Gasteiger partial charge < -0.3 is 5.73 Å². The van der Waals surface area contributed by atoms with Crippen molar-refractivity contribution in [2.24, 2.45) is 5.73 Å². The van der Waals surface area contributed by atoms with Crippen molar-refractivity contribution in [2.45, 2.75) is 13.3 Å². The van der Waals surface area contributed by atoms with Gasteiger partial charge in [-0.25, -0.2) is 0 Å². The molecule has 0 radical (unpaired) electrons. The standard InChI is InChI=1S/C5H10NO4P/c1-2-3-9-11(8)10-4-5(6)7/h2-4H2,1H3,(H-,6,7)/p+1. The number of primary amides is 1. The highest BCUT2D eigenvalue weighted by molar-refractivity contribution is 7.33. The minimum absolute atomic E-state index is 0.355. The monoisotopic (exact) mass is 180 g/mol. The lowest BCUT2D eigenvalue weighted by Gasteiger charge is -1.85. The molecule has 0 aromatic heterocycles. The second-order valence-corrected chi connectivity index (χ2v) is 2.76. The van der Waals surface area contributed by atoms with E-state index in [1.807, 2.05) is 6.92 Å². The first kappa shape index (κ1) is 10.5. The molecule has 5 nitrogen and oxygen atoms in total. The number of rotatable bonds is 6. The fourth-order valence-corrected chi connectivity index (χ4v) is 0.958. The van der Waals surface area contributed by atoms with Gasteiger partial charge in [0.05, 0.1) is 0 Å². The fourth-order valence-electron chi connectivity index (χ4n) is 0.319. The fraction of sp³-hybridized carbons (Fsp3) is 0.800. The Balaban J connectivity index is 3.30. The van der Waals surface area contributed by atoms with E-state index < -0.39 is 14.2 Å². The Hall–Kier alpha value is -0.510. The Morgan fingerprint density at radius 3 is 2.64 bits per heavy atom. The molecule has 11 heavy (non-hydrogen) atoms. The molecule has 6 heteroatoms. The molecule has 0 rings (SSSR count). The van der Waals surface area contributed by atoms with Crippen LogP contribution < -0.4 is 5.73 Å². The van der Waals surface area contributed by atoms with Crippen LogP contribution >= 0.6 is 8.25 Å². The lowest BCUT2D eigenvalue weighted by Crippen LogP contribution is -2.16. The Morgan fingerprint density at radius 1 is 1.55 bits per heavy atom. The quantitative estimate of drug-likeness (QED) is 0.606. The molecule has 2 N–H and O–H groups in total. The minimum Gasteiger partial charge on any atom is -0.368 e. The van der Waals surface area contributed by atoms with Crippen LogP contribution in [0.5, 0.6) is 0 Å². The second-order valence-electron chi connectivity index (χ2n) is 1.80. The van der Waals surface area contributed by atoms with Crippen molar-refractivity contribution in [1.82, 2.24) is 0 Å². The molecule has 0 heterocycles. The summed E-state index contributed by atoms with van der Waals surface area (Å²) >= 11 is 0. The smallest absolute Gasteiger partial charge is 0.368 e. The topological polar surface area (TPSA) is 78.6 Å². The van der Waals surface area contributed by atoms with E-state index in [0.29, 0.717) is 6.61 Å². The number of hydrogen-bond acceptors (Lipinski definition) is 4. The summed E-state index contributed by atoms with van der Waals surface area (Å²) in [4.78, 5) is 10.1. The zero-order valence-corrected chi connectivity index (χ0v) is 7.17. The normalized spacial score (nSPS) is 11.2. The van der Waals surface area contributed by atoms with Crippen LogP contribution in [0.1, 0.15) is 13.3 Å².